The Kier molecular flexibility index (Phi) is 3.27. The smallest absolute Gasteiger partial charge is 0.220 e. The van der Waals surface area contributed by atoms with Crippen LogP contribution in [0.1, 0.15) is 38.8 Å². The average molecular weight is 234 g/mol. The number of hydrogen-bond acceptors (Lipinski definition) is 1. The van der Waals surface area contributed by atoms with E-state index in [1.54, 1.807) is 0 Å². The van der Waals surface area contributed by atoms with Crippen LogP contribution in [0.3, 0.4) is 0 Å². The molecule has 1 fully saturated rings. The summed E-state index contributed by atoms with van der Waals surface area (Å²) in [5.41, 5.74) is 1.28. The number of rotatable bonds is 4. The van der Waals surface area contributed by atoms with Crippen molar-refractivity contribution in [3.63, 3.8) is 0 Å². The third-order valence-corrected chi connectivity index (χ3v) is 3.61. The zero-order valence-electron chi connectivity index (χ0n) is 11.0. The van der Waals surface area contributed by atoms with E-state index in [2.05, 4.69) is 49.1 Å². The van der Waals surface area contributed by atoms with Gasteiger partial charge in [-0.25, -0.2) is 0 Å². The second kappa shape index (κ2) is 4.55. The summed E-state index contributed by atoms with van der Waals surface area (Å²) < 4.78 is 2.15. The van der Waals surface area contributed by atoms with E-state index < -0.39 is 0 Å². The van der Waals surface area contributed by atoms with Crippen LogP contribution in [0.15, 0.2) is 18.3 Å². The molecule has 1 aromatic rings. The lowest BCUT2D eigenvalue weighted by Gasteiger charge is -2.31. The fourth-order valence-corrected chi connectivity index (χ4v) is 2.94. The molecule has 94 valence electrons. The molecule has 1 unspecified atom stereocenters. The van der Waals surface area contributed by atoms with Gasteiger partial charge in [0.1, 0.15) is 0 Å². The second-order valence-corrected chi connectivity index (χ2v) is 5.71. The maximum absolute atomic E-state index is 11.5. The maximum atomic E-state index is 11.5. The number of carbonyl (C=O) groups excluding carboxylic acids is 1. The lowest BCUT2D eigenvalue weighted by molar-refractivity contribution is -0.119. The largest absolute Gasteiger partial charge is 0.354 e. The third kappa shape index (κ3) is 2.71. The number of nitrogens with one attached hydrogen (secondary N) is 1. The van der Waals surface area contributed by atoms with E-state index in [1.807, 2.05) is 0 Å². The molecule has 1 amide bonds. The van der Waals surface area contributed by atoms with Crippen LogP contribution in [0, 0.1) is 5.92 Å². The second-order valence-electron chi connectivity index (χ2n) is 5.71. The van der Waals surface area contributed by atoms with E-state index >= 15 is 0 Å². The van der Waals surface area contributed by atoms with E-state index in [0.717, 1.165) is 19.3 Å². The summed E-state index contributed by atoms with van der Waals surface area (Å²) in [6.07, 6.45) is 5.71. The van der Waals surface area contributed by atoms with Crippen LogP contribution in [-0.4, -0.2) is 16.0 Å². The SMILES string of the molecule is CC(C)CC1(Cc2cccn2C)CCC(=O)N1. The molecule has 1 aliphatic heterocycles. The van der Waals surface area contributed by atoms with Gasteiger partial charge in [0.2, 0.25) is 5.91 Å². The number of hydrogen-bond donors (Lipinski definition) is 1. The van der Waals surface area contributed by atoms with Crippen molar-refractivity contribution in [3.05, 3.63) is 24.0 Å². The summed E-state index contributed by atoms with van der Waals surface area (Å²) in [6.45, 7) is 4.44. The highest BCUT2D eigenvalue weighted by Crippen LogP contribution is 2.31. The van der Waals surface area contributed by atoms with Crippen molar-refractivity contribution in [1.82, 2.24) is 9.88 Å². The van der Waals surface area contributed by atoms with Gasteiger partial charge in [0.05, 0.1) is 0 Å². The normalized spacial score (nSPS) is 24.4. The Morgan fingerprint density at radius 1 is 1.53 bits per heavy atom. The molecule has 1 aliphatic rings. The predicted molar refractivity (Wildman–Crippen MR) is 68.7 cm³/mol. The third-order valence-electron chi connectivity index (χ3n) is 3.61. The topological polar surface area (TPSA) is 34.0 Å². The van der Waals surface area contributed by atoms with Crippen molar-refractivity contribution in [3.8, 4) is 0 Å². The Morgan fingerprint density at radius 3 is 2.76 bits per heavy atom. The summed E-state index contributed by atoms with van der Waals surface area (Å²) in [6, 6.07) is 4.21. The molecule has 1 saturated heterocycles. The minimum absolute atomic E-state index is 0.0165. The van der Waals surface area contributed by atoms with Gasteiger partial charge in [-0.2, -0.15) is 0 Å². The van der Waals surface area contributed by atoms with Crippen molar-refractivity contribution >= 4 is 5.91 Å². The van der Waals surface area contributed by atoms with Crippen molar-refractivity contribution in [2.75, 3.05) is 0 Å². The van der Waals surface area contributed by atoms with Gasteiger partial charge in [0.15, 0.2) is 0 Å². The van der Waals surface area contributed by atoms with E-state index in [9.17, 15) is 4.79 Å². The maximum Gasteiger partial charge on any atom is 0.220 e. The van der Waals surface area contributed by atoms with E-state index in [1.165, 1.54) is 5.69 Å². The number of amides is 1. The van der Waals surface area contributed by atoms with Crippen LogP contribution in [0.25, 0.3) is 0 Å². The van der Waals surface area contributed by atoms with Crippen LogP contribution < -0.4 is 5.32 Å². The van der Waals surface area contributed by atoms with Crippen LogP contribution >= 0.6 is 0 Å². The van der Waals surface area contributed by atoms with Crippen molar-refractivity contribution in [1.29, 1.82) is 0 Å². The Hall–Kier alpha value is -1.25. The minimum Gasteiger partial charge on any atom is -0.354 e. The van der Waals surface area contributed by atoms with Crippen molar-refractivity contribution < 1.29 is 4.79 Å². The van der Waals surface area contributed by atoms with Gasteiger partial charge in [-0.1, -0.05) is 13.8 Å². The number of nitrogens with zero attached hydrogens (tertiary/aromatic N) is 1. The average Bonchev–Trinajstić information content (AvgIpc) is 2.75. The molecule has 0 bridgehead atoms. The van der Waals surface area contributed by atoms with E-state index in [-0.39, 0.29) is 11.4 Å². The first-order valence-corrected chi connectivity index (χ1v) is 6.42. The number of carbonyl (C=O) groups is 1. The van der Waals surface area contributed by atoms with E-state index in [0.29, 0.717) is 12.3 Å². The van der Waals surface area contributed by atoms with Crippen molar-refractivity contribution in [2.24, 2.45) is 13.0 Å². The quantitative estimate of drug-likeness (QED) is 0.852. The standard InChI is InChI=1S/C14H22N2O/c1-11(2)9-14(7-6-13(17)15-14)10-12-5-4-8-16(12)3/h4-5,8,11H,6-7,9-10H2,1-3H3,(H,15,17). The Bertz CT molecular complexity index is 408. The zero-order valence-corrected chi connectivity index (χ0v) is 11.0. The highest BCUT2D eigenvalue weighted by atomic mass is 16.2. The molecule has 2 heterocycles. The molecule has 0 radical (unpaired) electrons. The highest BCUT2D eigenvalue weighted by Gasteiger charge is 2.38. The van der Waals surface area contributed by atoms with Gasteiger partial charge in [-0.05, 0) is 30.9 Å². The summed E-state index contributed by atoms with van der Waals surface area (Å²) in [5.74, 6) is 0.813. The molecule has 17 heavy (non-hydrogen) atoms. The molecule has 2 rings (SSSR count). The van der Waals surface area contributed by atoms with Gasteiger partial charge in [0, 0.05) is 37.3 Å². The molecule has 1 atom stereocenters. The summed E-state index contributed by atoms with van der Waals surface area (Å²) in [5, 5.41) is 3.21. The molecule has 1 aromatic heterocycles. The molecule has 0 saturated carbocycles. The zero-order chi connectivity index (χ0) is 12.5. The fraction of sp³-hybridized carbons (Fsp3) is 0.643. The Morgan fingerprint density at radius 2 is 2.29 bits per heavy atom. The first kappa shape index (κ1) is 12.2. The molecular weight excluding hydrogens is 212 g/mol. The minimum atomic E-state index is -0.0165. The number of aromatic nitrogens is 1. The van der Waals surface area contributed by atoms with Gasteiger partial charge >= 0.3 is 0 Å². The Labute approximate surface area is 103 Å². The van der Waals surface area contributed by atoms with Crippen LogP contribution in [0.2, 0.25) is 0 Å². The van der Waals surface area contributed by atoms with E-state index in [4.69, 9.17) is 0 Å². The molecule has 0 aliphatic carbocycles. The first-order chi connectivity index (χ1) is 8.01. The lowest BCUT2D eigenvalue weighted by Crippen LogP contribution is -2.45. The lowest BCUT2D eigenvalue weighted by atomic mass is 9.83. The van der Waals surface area contributed by atoms with Gasteiger partial charge < -0.3 is 9.88 Å². The molecule has 1 N–H and O–H groups in total. The molecule has 0 aromatic carbocycles. The molecule has 0 spiro atoms. The van der Waals surface area contributed by atoms with Crippen LogP contribution in [0.5, 0.6) is 0 Å². The van der Waals surface area contributed by atoms with Crippen LogP contribution in [0.4, 0.5) is 0 Å². The van der Waals surface area contributed by atoms with Gasteiger partial charge in [-0.3, -0.25) is 4.79 Å². The molecule has 3 nitrogen and oxygen atoms in total. The number of aryl methyl sites for hydroxylation is 1. The molecular formula is C14H22N2O. The first-order valence-electron chi connectivity index (χ1n) is 6.42. The predicted octanol–water partition coefficient (Wildman–Crippen LogP) is 2.26. The van der Waals surface area contributed by atoms with Crippen LogP contribution in [-0.2, 0) is 18.3 Å². The fourth-order valence-electron chi connectivity index (χ4n) is 2.94. The summed E-state index contributed by atoms with van der Waals surface area (Å²) >= 11 is 0. The van der Waals surface area contributed by atoms with Gasteiger partial charge in [0.25, 0.3) is 0 Å². The molecule has 3 heteroatoms. The Balaban J connectivity index is 2.17. The summed E-state index contributed by atoms with van der Waals surface area (Å²) in [7, 11) is 2.06. The van der Waals surface area contributed by atoms with Gasteiger partial charge in [-0.15, -0.1) is 0 Å². The summed E-state index contributed by atoms with van der Waals surface area (Å²) in [4.78, 5) is 11.5. The monoisotopic (exact) mass is 234 g/mol. The highest BCUT2D eigenvalue weighted by molar-refractivity contribution is 5.79. The van der Waals surface area contributed by atoms with Crippen molar-refractivity contribution in [2.45, 2.75) is 45.1 Å².